The number of amides is 1. The van der Waals surface area contributed by atoms with Crippen molar-refractivity contribution in [2.45, 2.75) is 59.1 Å². The molecule has 0 spiro atoms. The minimum Gasteiger partial charge on any atom is -0.444 e. The first kappa shape index (κ1) is 17.9. The third kappa shape index (κ3) is 4.95. The molecule has 1 N–H and O–H groups in total. The van der Waals surface area contributed by atoms with E-state index < -0.39 is 5.60 Å². The molecule has 0 heterocycles. The van der Waals surface area contributed by atoms with Gasteiger partial charge in [-0.05, 0) is 70.4 Å². The van der Waals surface area contributed by atoms with Crippen molar-refractivity contribution in [2.75, 3.05) is 6.26 Å². The lowest BCUT2D eigenvalue weighted by atomic mass is 10.0. The summed E-state index contributed by atoms with van der Waals surface area (Å²) >= 11 is 1.66. The molecule has 0 bridgehead atoms. The molecule has 1 aliphatic carbocycles. The highest BCUT2D eigenvalue weighted by atomic mass is 32.2. The fourth-order valence-electron chi connectivity index (χ4n) is 2.50. The Hall–Kier alpha value is -1.16. The number of hydrogen-bond acceptors (Lipinski definition) is 3. The van der Waals surface area contributed by atoms with Crippen LogP contribution >= 0.6 is 11.8 Å². The molecule has 1 amide bonds. The highest BCUT2D eigenvalue weighted by Gasteiger charge is 2.29. The van der Waals surface area contributed by atoms with Gasteiger partial charge in [0, 0.05) is 4.91 Å². The van der Waals surface area contributed by atoms with Crippen LogP contribution in [0, 0.1) is 0 Å². The van der Waals surface area contributed by atoms with E-state index in [2.05, 4.69) is 24.9 Å². The molecule has 0 aromatic heterocycles. The molecular formula is C17H27NO2S. The zero-order valence-electron chi connectivity index (χ0n) is 14.0. The molecule has 1 rings (SSSR count). The number of allylic oxidation sites excluding steroid dienone is 2. The predicted molar refractivity (Wildman–Crippen MR) is 91.5 cm³/mol. The molecule has 21 heavy (non-hydrogen) atoms. The largest absolute Gasteiger partial charge is 0.444 e. The van der Waals surface area contributed by atoms with Gasteiger partial charge in [-0.1, -0.05) is 12.7 Å². The van der Waals surface area contributed by atoms with Crippen molar-refractivity contribution in [2.24, 2.45) is 0 Å². The van der Waals surface area contributed by atoms with Crippen LogP contribution in [0.15, 0.2) is 34.3 Å². The lowest BCUT2D eigenvalue weighted by molar-refractivity contribution is 0.0513. The SMILES string of the molecule is C=C(SC)C(C)=C1CCC(NC(=O)OC(C)(C)C)C1=CC. The predicted octanol–water partition coefficient (Wildman–Crippen LogP) is 4.81. The highest BCUT2D eigenvalue weighted by Crippen LogP contribution is 2.37. The Labute approximate surface area is 132 Å². The summed E-state index contributed by atoms with van der Waals surface area (Å²) in [6, 6.07) is 0.0319. The molecule has 0 radical (unpaired) electrons. The minimum absolute atomic E-state index is 0.0319. The Balaban J connectivity index is 2.85. The summed E-state index contributed by atoms with van der Waals surface area (Å²) in [5.41, 5.74) is 3.25. The number of rotatable bonds is 3. The van der Waals surface area contributed by atoms with Crippen LogP contribution in [-0.4, -0.2) is 24.0 Å². The molecule has 1 unspecified atom stereocenters. The van der Waals surface area contributed by atoms with E-state index in [9.17, 15) is 4.79 Å². The van der Waals surface area contributed by atoms with Crippen molar-refractivity contribution in [1.82, 2.24) is 5.32 Å². The number of alkyl carbamates (subject to hydrolysis) is 1. The summed E-state index contributed by atoms with van der Waals surface area (Å²) in [7, 11) is 0. The van der Waals surface area contributed by atoms with Gasteiger partial charge in [-0.3, -0.25) is 0 Å². The molecule has 118 valence electrons. The van der Waals surface area contributed by atoms with E-state index in [1.807, 2.05) is 34.0 Å². The number of carbonyl (C=O) groups is 1. The Morgan fingerprint density at radius 1 is 1.48 bits per heavy atom. The Morgan fingerprint density at radius 2 is 2.10 bits per heavy atom. The van der Waals surface area contributed by atoms with E-state index in [1.165, 1.54) is 16.7 Å². The molecule has 0 saturated heterocycles. The van der Waals surface area contributed by atoms with Crippen molar-refractivity contribution in [3.05, 3.63) is 34.3 Å². The topological polar surface area (TPSA) is 38.3 Å². The fraction of sp³-hybridized carbons (Fsp3) is 0.588. The highest BCUT2D eigenvalue weighted by molar-refractivity contribution is 8.02. The average Bonchev–Trinajstić information content (AvgIpc) is 2.77. The van der Waals surface area contributed by atoms with Crippen LogP contribution in [0.25, 0.3) is 0 Å². The first-order valence-corrected chi connectivity index (χ1v) is 8.51. The van der Waals surface area contributed by atoms with Gasteiger partial charge < -0.3 is 10.1 Å². The van der Waals surface area contributed by atoms with Gasteiger partial charge >= 0.3 is 6.09 Å². The Morgan fingerprint density at radius 3 is 2.57 bits per heavy atom. The molecule has 1 aliphatic rings. The summed E-state index contributed by atoms with van der Waals surface area (Å²) in [6.45, 7) is 13.8. The molecular weight excluding hydrogens is 282 g/mol. The average molecular weight is 309 g/mol. The summed E-state index contributed by atoms with van der Waals surface area (Å²) in [4.78, 5) is 13.0. The summed E-state index contributed by atoms with van der Waals surface area (Å²) in [6.07, 6.45) is 5.64. The van der Waals surface area contributed by atoms with Gasteiger partial charge in [0.1, 0.15) is 5.60 Å². The van der Waals surface area contributed by atoms with Gasteiger partial charge in [0.25, 0.3) is 0 Å². The Kier molecular flexibility index (Phi) is 6.14. The molecule has 0 aliphatic heterocycles. The zero-order chi connectivity index (χ0) is 16.2. The molecule has 1 saturated carbocycles. The van der Waals surface area contributed by atoms with Crippen LogP contribution in [0.2, 0.25) is 0 Å². The summed E-state index contributed by atoms with van der Waals surface area (Å²) < 4.78 is 5.34. The van der Waals surface area contributed by atoms with E-state index in [-0.39, 0.29) is 12.1 Å². The van der Waals surface area contributed by atoms with Gasteiger partial charge in [-0.2, -0.15) is 0 Å². The van der Waals surface area contributed by atoms with Gasteiger partial charge in [-0.15, -0.1) is 11.8 Å². The van der Waals surface area contributed by atoms with Crippen LogP contribution in [-0.2, 0) is 4.74 Å². The number of carbonyl (C=O) groups excluding carboxylic acids is 1. The third-order valence-electron chi connectivity index (χ3n) is 3.53. The van der Waals surface area contributed by atoms with Crippen LogP contribution in [0.1, 0.15) is 47.5 Å². The second kappa shape index (κ2) is 7.21. The van der Waals surface area contributed by atoms with Crippen molar-refractivity contribution >= 4 is 17.9 Å². The van der Waals surface area contributed by atoms with Gasteiger partial charge in [-0.25, -0.2) is 4.79 Å². The number of thioether (sulfide) groups is 1. The smallest absolute Gasteiger partial charge is 0.408 e. The second-order valence-corrected chi connectivity index (χ2v) is 7.11. The number of hydrogen-bond donors (Lipinski definition) is 1. The third-order valence-corrected chi connectivity index (χ3v) is 4.33. The molecule has 1 atom stereocenters. The molecule has 0 aromatic rings. The van der Waals surface area contributed by atoms with Crippen molar-refractivity contribution < 1.29 is 9.53 Å². The van der Waals surface area contributed by atoms with Gasteiger partial charge in [0.05, 0.1) is 6.04 Å². The van der Waals surface area contributed by atoms with E-state index in [1.54, 1.807) is 11.8 Å². The standard InChI is InChI=1S/C17H27NO2S/c1-8-13-14(11(2)12(3)21-7)9-10-15(13)18-16(19)20-17(4,5)6/h8,15H,3,9-10H2,1-2,4-7H3,(H,18,19). The number of ether oxygens (including phenoxy) is 1. The fourth-order valence-corrected chi connectivity index (χ4v) is 2.93. The van der Waals surface area contributed by atoms with Crippen LogP contribution in [0.3, 0.4) is 0 Å². The van der Waals surface area contributed by atoms with E-state index in [4.69, 9.17) is 4.74 Å². The molecule has 3 nitrogen and oxygen atoms in total. The van der Waals surface area contributed by atoms with Crippen molar-refractivity contribution in [3.8, 4) is 0 Å². The lowest BCUT2D eigenvalue weighted by Gasteiger charge is -2.22. The van der Waals surface area contributed by atoms with Crippen LogP contribution < -0.4 is 5.32 Å². The minimum atomic E-state index is -0.472. The van der Waals surface area contributed by atoms with Crippen LogP contribution in [0.5, 0.6) is 0 Å². The second-order valence-electron chi connectivity index (χ2n) is 6.21. The zero-order valence-corrected chi connectivity index (χ0v) is 14.8. The monoisotopic (exact) mass is 309 g/mol. The maximum absolute atomic E-state index is 11.9. The van der Waals surface area contributed by atoms with Crippen molar-refractivity contribution in [3.63, 3.8) is 0 Å². The first-order valence-electron chi connectivity index (χ1n) is 7.28. The maximum atomic E-state index is 11.9. The van der Waals surface area contributed by atoms with Gasteiger partial charge in [0.15, 0.2) is 0 Å². The summed E-state index contributed by atoms with van der Waals surface area (Å²) in [5.74, 6) is 0. The Bertz CT molecular complexity index is 484. The molecule has 0 aromatic carbocycles. The van der Waals surface area contributed by atoms with Crippen molar-refractivity contribution in [1.29, 1.82) is 0 Å². The van der Waals surface area contributed by atoms with Gasteiger partial charge in [0.2, 0.25) is 0 Å². The number of nitrogens with one attached hydrogen (secondary N) is 1. The normalized spacial score (nSPS) is 23.1. The lowest BCUT2D eigenvalue weighted by Crippen LogP contribution is -2.38. The van der Waals surface area contributed by atoms with E-state index in [0.717, 1.165) is 17.7 Å². The van der Waals surface area contributed by atoms with Crippen LogP contribution in [0.4, 0.5) is 4.79 Å². The molecule has 4 heteroatoms. The van der Waals surface area contributed by atoms with E-state index in [0.29, 0.717) is 0 Å². The first-order chi connectivity index (χ1) is 9.69. The molecule has 1 fully saturated rings. The maximum Gasteiger partial charge on any atom is 0.408 e. The van der Waals surface area contributed by atoms with E-state index >= 15 is 0 Å². The quantitative estimate of drug-likeness (QED) is 0.812. The summed E-state index contributed by atoms with van der Waals surface area (Å²) in [5, 5.41) is 2.98.